The summed E-state index contributed by atoms with van der Waals surface area (Å²) < 4.78 is 0. The van der Waals surface area contributed by atoms with Crippen LogP contribution in [0.3, 0.4) is 0 Å². The highest BCUT2D eigenvalue weighted by atomic mass is 16.3. The van der Waals surface area contributed by atoms with Crippen molar-refractivity contribution >= 4 is 0 Å². The molecule has 0 radical (unpaired) electrons. The van der Waals surface area contributed by atoms with Crippen LogP contribution in [0.4, 0.5) is 0 Å². The maximum atomic E-state index is 10.8. The van der Waals surface area contributed by atoms with Crippen LogP contribution in [0.25, 0.3) is 0 Å². The van der Waals surface area contributed by atoms with Gasteiger partial charge in [-0.2, -0.15) is 0 Å². The van der Waals surface area contributed by atoms with Crippen LogP contribution in [0.2, 0.25) is 0 Å². The molecule has 2 nitrogen and oxygen atoms in total. The lowest BCUT2D eigenvalue weighted by molar-refractivity contribution is -0.0905. The minimum absolute atomic E-state index is 0.0435. The number of aliphatic hydroxyl groups excluding tert-OH is 1. The Morgan fingerprint density at radius 3 is 2.50 bits per heavy atom. The normalized spacial score (nSPS) is 42.7. The van der Waals surface area contributed by atoms with E-state index in [9.17, 15) is 5.11 Å². The Labute approximate surface area is 197 Å². The van der Waals surface area contributed by atoms with Crippen molar-refractivity contribution in [2.75, 3.05) is 19.6 Å². The van der Waals surface area contributed by atoms with Crippen molar-refractivity contribution in [3.63, 3.8) is 0 Å². The van der Waals surface area contributed by atoms with E-state index in [2.05, 4.69) is 45.6 Å². The highest BCUT2D eigenvalue weighted by Crippen LogP contribution is 2.66. The average molecular weight is 440 g/mol. The lowest BCUT2D eigenvalue weighted by atomic mass is 9.46. The molecular formula is C30H49NO. The number of hydrogen-bond acceptors (Lipinski definition) is 2. The van der Waals surface area contributed by atoms with E-state index >= 15 is 0 Å². The van der Waals surface area contributed by atoms with E-state index in [4.69, 9.17) is 0 Å². The Morgan fingerprint density at radius 2 is 1.75 bits per heavy atom. The predicted molar refractivity (Wildman–Crippen MR) is 134 cm³/mol. The number of aliphatic hydroxyl groups is 1. The highest BCUT2D eigenvalue weighted by Gasteiger charge is 2.57. The summed E-state index contributed by atoms with van der Waals surface area (Å²) in [5.74, 6) is 2.27. The number of allylic oxidation sites excluding steroid dienone is 4. The van der Waals surface area contributed by atoms with Gasteiger partial charge in [-0.1, -0.05) is 52.7 Å². The van der Waals surface area contributed by atoms with Gasteiger partial charge >= 0.3 is 0 Å². The first kappa shape index (κ1) is 23.2. The van der Waals surface area contributed by atoms with Crippen LogP contribution in [0.5, 0.6) is 0 Å². The number of piperidine rings is 1. The van der Waals surface area contributed by atoms with Crippen molar-refractivity contribution in [2.24, 2.45) is 34.0 Å². The summed E-state index contributed by atoms with van der Waals surface area (Å²) in [4.78, 5) is 2.73. The van der Waals surface area contributed by atoms with Crippen LogP contribution in [0, 0.1) is 34.0 Å². The average Bonchev–Trinajstić information content (AvgIpc) is 3.13. The summed E-state index contributed by atoms with van der Waals surface area (Å²) in [5, 5.41) is 10.8. The molecule has 1 saturated heterocycles. The van der Waals surface area contributed by atoms with Gasteiger partial charge in [-0.05, 0) is 129 Å². The standard InChI is InChI=1S/C30H49NO/c1-21(15-20-31-18-7-6-8-19-31)23-10-11-24-22-9-12-26-28(2,3)27(32)14-17-30(26,5)25(22)13-16-29(23,24)4/h11,21,23,26-27,32H,6-10,12-20H2,1-5H3/t21-,23+,26?,27?,29+,30+/m0/s1. The molecule has 6 atom stereocenters. The first-order valence-electron chi connectivity index (χ1n) is 14.0. The molecule has 1 aliphatic heterocycles. The van der Waals surface area contributed by atoms with Gasteiger partial charge in [-0.15, -0.1) is 0 Å². The zero-order valence-corrected chi connectivity index (χ0v) is 21.7. The lowest BCUT2D eigenvalue weighted by Crippen LogP contribution is -2.53. The summed E-state index contributed by atoms with van der Waals surface area (Å²) >= 11 is 0. The Balaban J connectivity index is 1.35. The van der Waals surface area contributed by atoms with Gasteiger partial charge in [0.2, 0.25) is 0 Å². The fraction of sp³-hybridized carbons (Fsp3) is 0.867. The number of fused-ring (bicyclic) bond motifs is 4. The second-order valence-corrected chi connectivity index (χ2v) is 13.4. The Bertz CT molecular complexity index is 787. The molecule has 0 aromatic rings. The molecule has 180 valence electrons. The summed E-state index contributed by atoms with van der Waals surface area (Å²) in [5.41, 5.74) is 6.08. The number of hydrogen-bond donors (Lipinski definition) is 1. The number of likely N-dealkylation sites (tertiary alicyclic amines) is 1. The molecule has 1 saturated carbocycles. The van der Waals surface area contributed by atoms with Gasteiger partial charge in [0, 0.05) is 0 Å². The molecule has 5 rings (SSSR count). The molecule has 32 heavy (non-hydrogen) atoms. The van der Waals surface area contributed by atoms with Gasteiger partial charge < -0.3 is 10.0 Å². The third-order valence-corrected chi connectivity index (χ3v) is 11.5. The van der Waals surface area contributed by atoms with E-state index in [0.29, 0.717) is 16.7 Å². The van der Waals surface area contributed by atoms with Crippen LogP contribution in [-0.4, -0.2) is 35.7 Å². The van der Waals surface area contributed by atoms with Gasteiger partial charge in [0.1, 0.15) is 0 Å². The molecule has 4 aliphatic carbocycles. The second kappa shape index (κ2) is 8.26. The third-order valence-electron chi connectivity index (χ3n) is 11.5. The quantitative estimate of drug-likeness (QED) is 0.503. The monoisotopic (exact) mass is 439 g/mol. The molecule has 1 N–H and O–H groups in total. The molecule has 0 bridgehead atoms. The minimum Gasteiger partial charge on any atom is -0.393 e. The SMILES string of the molecule is C[C@@H](CCN1CCCCC1)[C@H]1CC=C2C3=C(CC[C@@]21C)[C@@]1(C)CCC(O)C(C)(C)C1CC3. The molecule has 0 aromatic heterocycles. The number of rotatable bonds is 4. The van der Waals surface area contributed by atoms with Gasteiger partial charge in [0.15, 0.2) is 0 Å². The van der Waals surface area contributed by atoms with E-state index in [1.807, 2.05) is 0 Å². The molecule has 2 fully saturated rings. The molecule has 2 heteroatoms. The molecule has 2 unspecified atom stereocenters. The molecule has 0 aromatic carbocycles. The smallest absolute Gasteiger partial charge is 0.0594 e. The maximum absolute atomic E-state index is 10.8. The van der Waals surface area contributed by atoms with Crippen LogP contribution in [0.1, 0.15) is 105 Å². The largest absolute Gasteiger partial charge is 0.393 e. The Kier molecular flexibility index (Phi) is 5.98. The van der Waals surface area contributed by atoms with Crippen molar-refractivity contribution < 1.29 is 5.11 Å². The zero-order valence-electron chi connectivity index (χ0n) is 21.7. The molecule has 5 aliphatic rings. The highest BCUT2D eigenvalue weighted by molar-refractivity contribution is 5.49. The molecule has 0 spiro atoms. The van der Waals surface area contributed by atoms with E-state index < -0.39 is 0 Å². The molecule has 0 amide bonds. The van der Waals surface area contributed by atoms with E-state index in [1.54, 1.807) is 16.7 Å². The topological polar surface area (TPSA) is 23.5 Å². The second-order valence-electron chi connectivity index (χ2n) is 13.4. The summed E-state index contributed by atoms with van der Waals surface area (Å²) in [6, 6.07) is 0. The van der Waals surface area contributed by atoms with Gasteiger partial charge in [0.25, 0.3) is 0 Å². The summed E-state index contributed by atoms with van der Waals surface area (Å²) in [6.07, 6.45) is 16.8. The fourth-order valence-electron chi connectivity index (χ4n) is 9.35. The van der Waals surface area contributed by atoms with Gasteiger partial charge in [0.05, 0.1) is 6.10 Å². The van der Waals surface area contributed by atoms with Crippen molar-refractivity contribution in [2.45, 2.75) is 111 Å². The third kappa shape index (κ3) is 3.49. The first-order valence-corrected chi connectivity index (χ1v) is 14.0. The van der Waals surface area contributed by atoms with Crippen molar-refractivity contribution in [3.05, 3.63) is 22.8 Å². The van der Waals surface area contributed by atoms with Crippen molar-refractivity contribution in [1.82, 2.24) is 4.90 Å². The summed E-state index contributed by atoms with van der Waals surface area (Å²) in [7, 11) is 0. The van der Waals surface area contributed by atoms with Crippen molar-refractivity contribution in [1.29, 1.82) is 0 Å². The van der Waals surface area contributed by atoms with Crippen molar-refractivity contribution in [3.8, 4) is 0 Å². The molecule has 1 heterocycles. The van der Waals surface area contributed by atoms with Crippen LogP contribution >= 0.6 is 0 Å². The predicted octanol–water partition coefficient (Wildman–Crippen LogP) is 7.14. The first-order chi connectivity index (χ1) is 15.2. The van der Waals surface area contributed by atoms with Gasteiger partial charge in [-0.25, -0.2) is 0 Å². The summed E-state index contributed by atoms with van der Waals surface area (Å²) in [6.45, 7) is 16.4. The van der Waals surface area contributed by atoms with E-state index in [1.165, 1.54) is 83.8 Å². The van der Waals surface area contributed by atoms with Crippen LogP contribution in [-0.2, 0) is 0 Å². The van der Waals surface area contributed by atoms with E-state index in [0.717, 1.165) is 18.3 Å². The van der Waals surface area contributed by atoms with Crippen LogP contribution in [0.15, 0.2) is 22.8 Å². The Morgan fingerprint density at radius 1 is 1.00 bits per heavy atom. The van der Waals surface area contributed by atoms with E-state index in [-0.39, 0.29) is 11.5 Å². The Hall–Kier alpha value is -0.600. The molecular weight excluding hydrogens is 390 g/mol. The lowest BCUT2D eigenvalue weighted by Gasteiger charge is -2.59. The zero-order chi connectivity index (χ0) is 22.7. The maximum Gasteiger partial charge on any atom is 0.0594 e. The number of nitrogens with zero attached hydrogens (tertiary/aromatic N) is 1. The van der Waals surface area contributed by atoms with Crippen LogP contribution < -0.4 is 0 Å². The fourth-order valence-corrected chi connectivity index (χ4v) is 9.35. The minimum atomic E-state index is -0.132. The van der Waals surface area contributed by atoms with Gasteiger partial charge in [-0.3, -0.25) is 0 Å².